The molecule has 1 aromatic heterocycles. The van der Waals surface area contributed by atoms with E-state index in [0.717, 1.165) is 16.7 Å². The Morgan fingerprint density at radius 3 is 1.97 bits per heavy atom. The molecule has 0 saturated carbocycles. The molecular formula is C28H32O5. The van der Waals surface area contributed by atoms with E-state index in [1.165, 1.54) is 0 Å². The van der Waals surface area contributed by atoms with E-state index < -0.39 is 0 Å². The average molecular weight is 449 g/mol. The highest BCUT2D eigenvalue weighted by atomic mass is 16.5. The second-order valence-electron chi connectivity index (χ2n) is 8.64. The smallest absolute Gasteiger partial charge is 0.204 e. The SMILES string of the molecule is CC(C)=CCOc1cc(OCC=C(C)C)c2c(=O)c3cccc(OCC=C(C)C)c3oc2c1. The molecule has 0 bridgehead atoms. The number of benzene rings is 2. The third-order valence-electron chi connectivity index (χ3n) is 4.90. The molecule has 5 nitrogen and oxygen atoms in total. The maximum atomic E-state index is 13.5. The first-order valence-electron chi connectivity index (χ1n) is 11.1. The van der Waals surface area contributed by atoms with Crippen LogP contribution in [0.1, 0.15) is 41.5 Å². The summed E-state index contributed by atoms with van der Waals surface area (Å²) >= 11 is 0. The highest BCUT2D eigenvalue weighted by Crippen LogP contribution is 2.34. The number of hydrogen-bond donors (Lipinski definition) is 0. The maximum Gasteiger partial charge on any atom is 0.204 e. The number of fused-ring (bicyclic) bond motifs is 2. The van der Waals surface area contributed by atoms with E-state index in [9.17, 15) is 4.79 Å². The Balaban J connectivity index is 2.15. The molecule has 0 aliphatic heterocycles. The third-order valence-corrected chi connectivity index (χ3v) is 4.90. The second-order valence-corrected chi connectivity index (χ2v) is 8.64. The second kappa shape index (κ2) is 10.9. The minimum absolute atomic E-state index is 0.165. The van der Waals surface area contributed by atoms with Crippen molar-refractivity contribution in [3.8, 4) is 17.2 Å². The van der Waals surface area contributed by atoms with Crippen LogP contribution in [0.3, 0.4) is 0 Å². The largest absolute Gasteiger partial charge is 0.489 e. The third kappa shape index (κ3) is 6.28. The van der Waals surface area contributed by atoms with Crippen LogP contribution in [0.2, 0.25) is 0 Å². The number of rotatable bonds is 9. The van der Waals surface area contributed by atoms with Crippen LogP contribution in [-0.2, 0) is 0 Å². The summed E-state index contributed by atoms with van der Waals surface area (Å²) in [6, 6.07) is 8.82. The molecule has 0 spiro atoms. The fraction of sp³-hybridized carbons (Fsp3) is 0.321. The van der Waals surface area contributed by atoms with Gasteiger partial charge in [0.25, 0.3) is 0 Å². The summed E-state index contributed by atoms with van der Waals surface area (Å²) in [5.41, 5.74) is 4.08. The molecule has 0 aliphatic carbocycles. The molecule has 5 heteroatoms. The molecule has 0 N–H and O–H groups in total. The van der Waals surface area contributed by atoms with Gasteiger partial charge in [0, 0.05) is 12.1 Å². The van der Waals surface area contributed by atoms with Gasteiger partial charge in [0.1, 0.15) is 42.3 Å². The van der Waals surface area contributed by atoms with Crippen molar-refractivity contribution < 1.29 is 18.6 Å². The molecule has 3 aromatic rings. The van der Waals surface area contributed by atoms with Crippen LogP contribution in [0.15, 0.2) is 74.5 Å². The molecule has 0 aliphatic rings. The molecule has 0 amide bonds. The predicted octanol–water partition coefficient (Wildman–Crippen LogP) is 6.98. The molecule has 0 radical (unpaired) electrons. The van der Waals surface area contributed by atoms with E-state index in [1.807, 2.05) is 59.8 Å². The predicted molar refractivity (Wildman–Crippen MR) is 135 cm³/mol. The lowest BCUT2D eigenvalue weighted by Gasteiger charge is -2.13. The van der Waals surface area contributed by atoms with Crippen molar-refractivity contribution in [2.45, 2.75) is 41.5 Å². The maximum absolute atomic E-state index is 13.5. The highest BCUT2D eigenvalue weighted by Gasteiger charge is 2.17. The van der Waals surface area contributed by atoms with Gasteiger partial charge in [0.2, 0.25) is 5.43 Å². The van der Waals surface area contributed by atoms with Gasteiger partial charge in [-0.1, -0.05) is 22.8 Å². The van der Waals surface area contributed by atoms with Gasteiger partial charge in [0.15, 0.2) is 11.3 Å². The van der Waals surface area contributed by atoms with E-state index in [4.69, 9.17) is 18.6 Å². The van der Waals surface area contributed by atoms with Crippen LogP contribution in [0.4, 0.5) is 0 Å². The van der Waals surface area contributed by atoms with Gasteiger partial charge in [-0.25, -0.2) is 0 Å². The Labute approximate surface area is 195 Å². The van der Waals surface area contributed by atoms with Crippen LogP contribution in [0.25, 0.3) is 21.9 Å². The minimum atomic E-state index is -0.165. The van der Waals surface area contributed by atoms with Gasteiger partial charge in [-0.15, -0.1) is 0 Å². The van der Waals surface area contributed by atoms with Crippen molar-refractivity contribution in [3.05, 3.63) is 75.5 Å². The molecule has 2 aromatic carbocycles. The summed E-state index contributed by atoms with van der Waals surface area (Å²) in [6.07, 6.45) is 5.92. The fourth-order valence-corrected chi connectivity index (χ4v) is 3.13. The van der Waals surface area contributed by atoms with Gasteiger partial charge in [-0.05, 0) is 71.9 Å². The molecule has 0 atom stereocenters. The first-order valence-corrected chi connectivity index (χ1v) is 11.1. The molecular weight excluding hydrogens is 416 g/mol. The van der Waals surface area contributed by atoms with Crippen LogP contribution in [0, 0.1) is 0 Å². The Kier molecular flexibility index (Phi) is 7.99. The molecule has 0 unspecified atom stereocenters. The highest BCUT2D eigenvalue weighted by molar-refractivity contribution is 5.95. The molecule has 174 valence electrons. The first-order chi connectivity index (χ1) is 15.8. The Bertz CT molecular complexity index is 1280. The first kappa shape index (κ1) is 24.2. The summed E-state index contributed by atoms with van der Waals surface area (Å²) in [5.74, 6) is 1.52. The zero-order valence-corrected chi connectivity index (χ0v) is 20.3. The Morgan fingerprint density at radius 1 is 0.788 bits per heavy atom. The lowest BCUT2D eigenvalue weighted by molar-refractivity contribution is 0.345. The molecule has 0 fully saturated rings. The van der Waals surface area contributed by atoms with Gasteiger partial charge >= 0.3 is 0 Å². The van der Waals surface area contributed by atoms with Gasteiger partial charge in [-0.2, -0.15) is 0 Å². The number of hydrogen-bond acceptors (Lipinski definition) is 5. The minimum Gasteiger partial charge on any atom is -0.489 e. The van der Waals surface area contributed by atoms with E-state index in [0.29, 0.717) is 59.0 Å². The van der Waals surface area contributed by atoms with Crippen molar-refractivity contribution in [2.24, 2.45) is 0 Å². The normalized spacial score (nSPS) is 10.6. The zero-order valence-electron chi connectivity index (χ0n) is 20.3. The number of allylic oxidation sites excluding steroid dienone is 3. The summed E-state index contributed by atoms with van der Waals surface area (Å²) in [4.78, 5) is 13.5. The Hall–Kier alpha value is -3.47. The number of ether oxygens (including phenoxy) is 3. The molecule has 3 rings (SSSR count). The zero-order chi connectivity index (χ0) is 24.0. The summed E-state index contributed by atoms with van der Waals surface area (Å²) < 4.78 is 24.0. The van der Waals surface area contributed by atoms with Gasteiger partial charge in [0.05, 0.1) is 5.39 Å². The average Bonchev–Trinajstić information content (AvgIpc) is 2.73. The van der Waals surface area contributed by atoms with E-state index >= 15 is 0 Å². The molecule has 0 saturated heterocycles. The van der Waals surface area contributed by atoms with Gasteiger partial charge < -0.3 is 18.6 Å². The number of para-hydroxylation sites is 1. The van der Waals surface area contributed by atoms with E-state index in [2.05, 4.69) is 0 Å². The lowest BCUT2D eigenvalue weighted by Crippen LogP contribution is -2.07. The standard InChI is InChI=1S/C28H32O5/c1-18(2)10-13-30-21-16-24(32-15-12-20(5)6)26-25(17-21)33-28-22(27(26)29)8-7-9-23(28)31-14-11-19(3)4/h7-12,16-17H,13-15H2,1-6H3. The van der Waals surface area contributed by atoms with Crippen LogP contribution >= 0.6 is 0 Å². The van der Waals surface area contributed by atoms with Crippen molar-refractivity contribution in [1.82, 2.24) is 0 Å². The molecule has 1 heterocycles. The van der Waals surface area contributed by atoms with Crippen molar-refractivity contribution in [2.75, 3.05) is 19.8 Å². The molecule has 33 heavy (non-hydrogen) atoms. The lowest BCUT2D eigenvalue weighted by atomic mass is 10.1. The van der Waals surface area contributed by atoms with Gasteiger partial charge in [-0.3, -0.25) is 4.79 Å². The summed E-state index contributed by atoms with van der Waals surface area (Å²) in [6.45, 7) is 13.2. The summed E-state index contributed by atoms with van der Waals surface area (Å²) in [7, 11) is 0. The quantitative estimate of drug-likeness (QED) is 0.261. The Morgan fingerprint density at radius 2 is 1.36 bits per heavy atom. The topological polar surface area (TPSA) is 57.9 Å². The van der Waals surface area contributed by atoms with E-state index in [-0.39, 0.29) is 5.43 Å². The monoisotopic (exact) mass is 448 g/mol. The van der Waals surface area contributed by atoms with Crippen molar-refractivity contribution in [3.63, 3.8) is 0 Å². The van der Waals surface area contributed by atoms with Crippen molar-refractivity contribution >= 4 is 21.9 Å². The van der Waals surface area contributed by atoms with E-state index in [1.54, 1.807) is 30.3 Å². The fourth-order valence-electron chi connectivity index (χ4n) is 3.13. The van der Waals surface area contributed by atoms with Crippen molar-refractivity contribution in [1.29, 1.82) is 0 Å². The summed E-state index contributed by atoms with van der Waals surface area (Å²) in [5, 5.41) is 0.836. The van der Waals surface area contributed by atoms with Crippen LogP contribution in [0.5, 0.6) is 17.2 Å². The van der Waals surface area contributed by atoms with Crippen LogP contribution < -0.4 is 19.6 Å². The van der Waals surface area contributed by atoms with Crippen LogP contribution in [-0.4, -0.2) is 19.8 Å².